The van der Waals surface area contributed by atoms with Crippen LogP contribution in [0, 0.1) is 11.3 Å². The van der Waals surface area contributed by atoms with Gasteiger partial charge < -0.3 is 20.1 Å². The molecule has 2 N–H and O–H groups in total. The molecule has 0 aliphatic carbocycles. The summed E-state index contributed by atoms with van der Waals surface area (Å²) >= 11 is 0. The molecule has 1 amide bonds. The Kier molecular flexibility index (Phi) is 8.57. The number of aromatic nitrogens is 3. The van der Waals surface area contributed by atoms with Crippen molar-refractivity contribution in [1.82, 2.24) is 20.3 Å². The SMILES string of the molecule is CCC(CC)c1cc([C@H]2C[NH+]3CC[C@H]2C[C@@H]3CNC(=O)CC(C)(C)CC(=O)[O-])nc(-c2ccncc2)n1. The third-order valence-electron chi connectivity index (χ3n) is 8.35. The molecule has 8 nitrogen and oxygen atoms in total. The predicted molar refractivity (Wildman–Crippen MR) is 140 cm³/mol. The van der Waals surface area contributed by atoms with Gasteiger partial charge in [-0.25, -0.2) is 9.97 Å². The normalized spacial score (nSPS) is 23.3. The van der Waals surface area contributed by atoms with Gasteiger partial charge in [-0.15, -0.1) is 0 Å². The average molecular weight is 508 g/mol. The first-order valence-electron chi connectivity index (χ1n) is 13.8. The Morgan fingerprint density at radius 3 is 2.51 bits per heavy atom. The first-order chi connectivity index (χ1) is 17.7. The summed E-state index contributed by atoms with van der Waals surface area (Å²) in [6.45, 7) is 10.8. The fraction of sp³-hybridized carbons (Fsp3) is 0.621. The first kappa shape index (κ1) is 27.2. The number of piperidine rings is 3. The highest BCUT2D eigenvalue weighted by Crippen LogP contribution is 2.36. The van der Waals surface area contributed by atoms with Gasteiger partial charge in [0.05, 0.1) is 31.2 Å². The van der Waals surface area contributed by atoms with E-state index in [-0.39, 0.29) is 18.7 Å². The number of carboxylic acids is 1. The van der Waals surface area contributed by atoms with Crippen molar-refractivity contribution in [2.24, 2.45) is 11.3 Å². The fourth-order valence-electron chi connectivity index (χ4n) is 6.29. The maximum Gasteiger partial charge on any atom is 0.220 e. The van der Waals surface area contributed by atoms with Crippen molar-refractivity contribution in [3.05, 3.63) is 42.0 Å². The molecule has 8 heteroatoms. The van der Waals surface area contributed by atoms with Crippen LogP contribution in [0.4, 0.5) is 0 Å². The van der Waals surface area contributed by atoms with E-state index in [0.29, 0.717) is 30.3 Å². The van der Waals surface area contributed by atoms with Crippen LogP contribution in [0.5, 0.6) is 0 Å². The minimum atomic E-state index is -1.12. The predicted octanol–water partition coefficient (Wildman–Crippen LogP) is 1.88. The van der Waals surface area contributed by atoms with Crippen LogP contribution in [0.3, 0.4) is 0 Å². The zero-order valence-electron chi connectivity index (χ0n) is 22.6. The largest absolute Gasteiger partial charge is 0.550 e. The molecule has 0 radical (unpaired) electrons. The van der Waals surface area contributed by atoms with E-state index in [1.54, 1.807) is 26.2 Å². The van der Waals surface area contributed by atoms with E-state index in [1.165, 1.54) is 4.90 Å². The van der Waals surface area contributed by atoms with E-state index in [1.807, 2.05) is 12.1 Å². The third-order valence-corrected chi connectivity index (χ3v) is 8.35. The Bertz CT molecular complexity index is 1090. The topological polar surface area (TPSA) is 112 Å². The Hall–Kier alpha value is -2.87. The van der Waals surface area contributed by atoms with Crippen molar-refractivity contribution in [3.63, 3.8) is 0 Å². The lowest BCUT2D eigenvalue weighted by Gasteiger charge is -2.46. The van der Waals surface area contributed by atoms with Crippen molar-refractivity contribution in [1.29, 1.82) is 0 Å². The zero-order valence-corrected chi connectivity index (χ0v) is 22.6. The zero-order chi connectivity index (χ0) is 26.6. The van der Waals surface area contributed by atoms with Gasteiger partial charge in [0.15, 0.2) is 5.82 Å². The number of aliphatic carboxylic acids is 1. The van der Waals surface area contributed by atoms with E-state index >= 15 is 0 Å². The van der Waals surface area contributed by atoms with E-state index in [0.717, 1.165) is 61.5 Å². The smallest absolute Gasteiger partial charge is 0.220 e. The summed E-state index contributed by atoms with van der Waals surface area (Å²) in [5.41, 5.74) is 2.67. The summed E-state index contributed by atoms with van der Waals surface area (Å²) in [7, 11) is 0. The van der Waals surface area contributed by atoms with E-state index in [9.17, 15) is 14.7 Å². The van der Waals surface area contributed by atoms with Gasteiger partial charge in [-0.1, -0.05) is 27.7 Å². The molecule has 1 unspecified atom stereocenters. The standard InChI is InChI=1S/C29H41N5O3/c1-5-19(6-2)24-14-25(33-28(32-24)20-7-10-30-11-8-20)23-18-34-12-9-21(23)13-22(34)17-31-26(35)15-29(3,4)16-27(36)37/h7-8,10-11,14,19,21-23H,5-6,9,12-13,15-18H2,1-4H3,(H,31,35)(H,36,37)/t21-,22+,23-/m0/s1. The van der Waals surface area contributed by atoms with Gasteiger partial charge in [0, 0.05) is 54.8 Å². The minimum absolute atomic E-state index is 0.0857. The third kappa shape index (κ3) is 6.72. The molecule has 37 heavy (non-hydrogen) atoms. The summed E-state index contributed by atoms with van der Waals surface area (Å²) in [6, 6.07) is 6.59. The Morgan fingerprint density at radius 1 is 1.16 bits per heavy atom. The quantitative estimate of drug-likeness (QED) is 0.480. The molecular weight excluding hydrogens is 466 g/mol. The van der Waals surface area contributed by atoms with E-state index < -0.39 is 11.4 Å². The minimum Gasteiger partial charge on any atom is -0.550 e. The molecule has 3 saturated heterocycles. The number of carbonyl (C=O) groups is 2. The summed E-state index contributed by atoms with van der Waals surface area (Å²) in [5.74, 6) is 0.916. The molecule has 2 aromatic rings. The number of amides is 1. The van der Waals surface area contributed by atoms with Crippen LogP contribution in [-0.4, -0.2) is 52.5 Å². The highest BCUT2D eigenvalue weighted by atomic mass is 16.4. The van der Waals surface area contributed by atoms with Crippen molar-refractivity contribution in [3.8, 4) is 11.4 Å². The van der Waals surface area contributed by atoms with Crippen LogP contribution >= 0.6 is 0 Å². The van der Waals surface area contributed by atoms with Gasteiger partial charge in [-0.2, -0.15) is 0 Å². The number of hydrogen-bond donors (Lipinski definition) is 2. The van der Waals surface area contributed by atoms with Crippen molar-refractivity contribution >= 4 is 11.9 Å². The van der Waals surface area contributed by atoms with Gasteiger partial charge >= 0.3 is 0 Å². The van der Waals surface area contributed by atoms with Gasteiger partial charge in [-0.05, 0) is 48.8 Å². The average Bonchev–Trinajstić information content (AvgIpc) is 2.88. The molecule has 2 bridgehead atoms. The lowest BCUT2D eigenvalue weighted by Crippen LogP contribution is -3.20. The second-order valence-electron chi connectivity index (χ2n) is 11.7. The molecule has 0 spiro atoms. The van der Waals surface area contributed by atoms with Crippen molar-refractivity contribution < 1.29 is 19.6 Å². The van der Waals surface area contributed by atoms with Crippen LogP contribution < -0.4 is 15.3 Å². The number of nitrogens with zero attached hydrogens (tertiary/aromatic N) is 3. The highest BCUT2D eigenvalue weighted by molar-refractivity contribution is 5.77. The molecule has 3 fully saturated rings. The molecule has 0 saturated carbocycles. The molecule has 5 rings (SSSR count). The van der Waals surface area contributed by atoms with Gasteiger partial charge in [-0.3, -0.25) is 9.78 Å². The van der Waals surface area contributed by atoms with E-state index in [2.05, 4.69) is 30.2 Å². The molecule has 2 aromatic heterocycles. The number of carboxylic acid groups (broad SMARTS) is 1. The molecule has 0 aromatic carbocycles. The van der Waals surface area contributed by atoms with Crippen LogP contribution in [0.25, 0.3) is 11.4 Å². The Morgan fingerprint density at radius 2 is 1.89 bits per heavy atom. The van der Waals surface area contributed by atoms with Crippen LogP contribution in [-0.2, 0) is 9.59 Å². The van der Waals surface area contributed by atoms with Crippen molar-refractivity contribution in [2.75, 3.05) is 19.6 Å². The van der Waals surface area contributed by atoms with Crippen LogP contribution in [0.1, 0.15) is 89.4 Å². The molecule has 3 aliphatic heterocycles. The number of quaternary nitrogens is 1. The molecule has 5 heterocycles. The number of fused-ring (bicyclic) bond motifs is 3. The van der Waals surface area contributed by atoms with Gasteiger partial charge in [0.25, 0.3) is 0 Å². The van der Waals surface area contributed by atoms with Crippen LogP contribution in [0.2, 0.25) is 0 Å². The Balaban J connectivity index is 1.47. The van der Waals surface area contributed by atoms with Crippen molar-refractivity contribution in [2.45, 2.75) is 84.1 Å². The summed E-state index contributed by atoms with van der Waals surface area (Å²) in [6.07, 6.45) is 7.97. The summed E-state index contributed by atoms with van der Waals surface area (Å²) in [4.78, 5) is 39.3. The lowest BCUT2D eigenvalue weighted by molar-refractivity contribution is -0.942. The summed E-state index contributed by atoms with van der Waals surface area (Å²) in [5, 5.41) is 14.1. The summed E-state index contributed by atoms with van der Waals surface area (Å²) < 4.78 is 0. The Labute approximate surface area is 220 Å². The van der Waals surface area contributed by atoms with Gasteiger partial charge in [0.2, 0.25) is 5.91 Å². The second kappa shape index (κ2) is 11.7. The number of pyridine rings is 1. The number of nitrogens with one attached hydrogen (secondary N) is 2. The van der Waals surface area contributed by atoms with Gasteiger partial charge in [0.1, 0.15) is 6.04 Å². The maximum absolute atomic E-state index is 12.6. The fourth-order valence-corrected chi connectivity index (χ4v) is 6.29. The molecule has 4 atom stereocenters. The molecule has 3 aliphatic rings. The number of hydrogen-bond acceptors (Lipinski definition) is 6. The monoisotopic (exact) mass is 507 g/mol. The maximum atomic E-state index is 12.6. The second-order valence-corrected chi connectivity index (χ2v) is 11.7. The van der Waals surface area contributed by atoms with Crippen LogP contribution in [0.15, 0.2) is 30.6 Å². The highest BCUT2D eigenvalue weighted by Gasteiger charge is 2.45. The first-order valence-corrected chi connectivity index (χ1v) is 13.8. The van der Waals surface area contributed by atoms with E-state index in [4.69, 9.17) is 9.97 Å². The number of carbonyl (C=O) groups excluding carboxylic acids is 2. The lowest BCUT2D eigenvalue weighted by atomic mass is 9.73. The number of rotatable bonds is 11. The molecule has 200 valence electrons. The molecular formula is C29H41N5O3.